The second kappa shape index (κ2) is 5.11. The maximum Gasteiger partial charge on any atom is 0.332 e. The average molecular weight is 249 g/mol. The van der Waals surface area contributed by atoms with Gasteiger partial charge in [-0.1, -0.05) is 12.8 Å². The molecule has 90 valence electrons. The standard InChI is InChI=1S/C12H15N3OS/c1-12(2,3)14-11(16)15(17)10-6-4-9(8-13)5-7-10/h4-7,17H,1-3H3,(H,14,16). The third kappa shape index (κ3) is 4.00. The summed E-state index contributed by atoms with van der Waals surface area (Å²) in [5.41, 5.74) is 0.853. The van der Waals surface area contributed by atoms with Crippen LogP contribution >= 0.6 is 12.8 Å². The van der Waals surface area contributed by atoms with Crippen molar-refractivity contribution in [2.75, 3.05) is 4.31 Å². The fraction of sp³-hybridized carbons (Fsp3) is 0.333. The van der Waals surface area contributed by atoms with Crippen molar-refractivity contribution < 1.29 is 4.79 Å². The number of urea groups is 1. The van der Waals surface area contributed by atoms with Crippen molar-refractivity contribution in [3.8, 4) is 6.07 Å². The Labute approximate surface area is 107 Å². The number of nitrogens with one attached hydrogen (secondary N) is 1. The van der Waals surface area contributed by atoms with Gasteiger partial charge in [0.1, 0.15) is 0 Å². The fourth-order valence-corrected chi connectivity index (χ4v) is 1.35. The van der Waals surface area contributed by atoms with E-state index in [0.29, 0.717) is 11.3 Å². The fourth-order valence-electron chi connectivity index (χ4n) is 1.17. The van der Waals surface area contributed by atoms with Gasteiger partial charge in [-0.15, -0.1) is 0 Å². The molecule has 0 aliphatic carbocycles. The van der Waals surface area contributed by atoms with E-state index in [1.807, 2.05) is 26.8 Å². The number of anilines is 1. The molecule has 0 saturated carbocycles. The minimum atomic E-state index is -0.315. The lowest BCUT2D eigenvalue weighted by molar-refractivity contribution is 0.241. The number of rotatable bonds is 1. The molecule has 0 spiro atoms. The van der Waals surface area contributed by atoms with Gasteiger partial charge < -0.3 is 5.32 Å². The van der Waals surface area contributed by atoms with Crippen LogP contribution in [0.15, 0.2) is 24.3 Å². The number of hydrogen-bond acceptors (Lipinski definition) is 3. The predicted molar refractivity (Wildman–Crippen MR) is 70.9 cm³/mol. The molecule has 0 atom stereocenters. The highest BCUT2D eigenvalue weighted by Crippen LogP contribution is 2.17. The van der Waals surface area contributed by atoms with Crippen LogP contribution in [0.2, 0.25) is 0 Å². The molecule has 0 unspecified atom stereocenters. The minimum absolute atomic E-state index is 0.300. The van der Waals surface area contributed by atoms with Gasteiger partial charge >= 0.3 is 6.03 Å². The first kappa shape index (κ1) is 13.4. The Balaban J connectivity index is 2.79. The van der Waals surface area contributed by atoms with Gasteiger partial charge in [0.25, 0.3) is 0 Å². The molecule has 2 amide bonds. The van der Waals surface area contributed by atoms with E-state index in [1.165, 1.54) is 4.31 Å². The highest BCUT2D eigenvalue weighted by molar-refractivity contribution is 7.82. The van der Waals surface area contributed by atoms with E-state index in [0.717, 1.165) is 0 Å². The molecule has 1 aromatic carbocycles. The molecule has 0 aromatic heterocycles. The largest absolute Gasteiger partial charge is 0.332 e. The van der Waals surface area contributed by atoms with E-state index in [2.05, 4.69) is 18.1 Å². The number of carbonyl (C=O) groups excluding carboxylic acids is 1. The van der Waals surface area contributed by atoms with Crippen LogP contribution in [-0.2, 0) is 0 Å². The Morgan fingerprint density at radius 1 is 1.35 bits per heavy atom. The van der Waals surface area contributed by atoms with Crippen LogP contribution in [0.5, 0.6) is 0 Å². The second-order valence-electron chi connectivity index (χ2n) is 4.65. The van der Waals surface area contributed by atoms with Crippen LogP contribution in [0.25, 0.3) is 0 Å². The van der Waals surface area contributed by atoms with Gasteiger partial charge in [0, 0.05) is 5.54 Å². The first-order valence-electron chi connectivity index (χ1n) is 5.15. The summed E-state index contributed by atoms with van der Waals surface area (Å²) >= 11 is 4.13. The van der Waals surface area contributed by atoms with E-state index in [1.54, 1.807) is 24.3 Å². The summed E-state index contributed by atoms with van der Waals surface area (Å²) in [7, 11) is 0. The van der Waals surface area contributed by atoms with Gasteiger partial charge in [-0.3, -0.25) is 0 Å². The lowest BCUT2D eigenvalue weighted by Gasteiger charge is -2.24. The maximum atomic E-state index is 11.8. The number of hydrogen-bond donors (Lipinski definition) is 2. The zero-order valence-electron chi connectivity index (χ0n) is 10.1. The summed E-state index contributed by atoms with van der Waals surface area (Å²) in [4.78, 5) is 11.8. The molecule has 0 aliphatic heterocycles. The van der Waals surface area contributed by atoms with Crippen LogP contribution in [0.3, 0.4) is 0 Å². The van der Waals surface area contributed by atoms with Crippen molar-refractivity contribution in [3.63, 3.8) is 0 Å². The number of nitriles is 1. The molecular formula is C12H15N3OS. The van der Waals surface area contributed by atoms with Crippen molar-refractivity contribution in [2.45, 2.75) is 26.3 Å². The smallest absolute Gasteiger partial charge is 0.332 e. The lowest BCUT2D eigenvalue weighted by Crippen LogP contribution is -2.45. The van der Waals surface area contributed by atoms with E-state index >= 15 is 0 Å². The molecule has 0 fully saturated rings. The first-order chi connectivity index (χ1) is 7.83. The zero-order chi connectivity index (χ0) is 13.1. The molecular weight excluding hydrogens is 234 g/mol. The monoisotopic (exact) mass is 249 g/mol. The molecule has 5 heteroatoms. The topological polar surface area (TPSA) is 56.1 Å². The highest BCUT2D eigenvalue weighted by atomic mass is 32.1. The molecule has 0 saturated heterocycles. The number of benzene rings is 1. The van der Waals surface area contributed by atoms with Crippen molar-refractivity contribution in [1.82, 2.24) is 5.32 Å². The Kier molecular flexibility index (Phi) is 4.02. The molecule has 1 aromatic rings. The van der Waals surface area contributed by atoms with Gasteiger partial charge in [0.05, 0.1) is 17.3 Å². The molecule has 4 nitrogen and oxygen atoms in total. The SMILES string of the molecule is CC(C)(C)NC(=O)N(S)c1ccc(C#N)cc1. The van der Waals surface area contributed by atoms with Crippen molar-refractivity contribution in [2.24, 2.45) is 0 Å². The van der Waals surface area contributed by atoms with E-state index in [-0.39, 0.29) is 11.6 Å². The molecule has 0 bridgehead atoms. The van der Waals surface area contributed by atoms with Gasteiger partial charge in [0.15, 0.2) is 0 Å². The molecule has 0 heterocycles. The average Bonchev–Trinajstić information content (AvgIpc) is 2.26. The quantitative estimate of drug-likeness (QED) is 0.752. The number of amides is 2. The third-order valence-corrected chi connectivity index (χ3v) is 2.33. The maximum absolute atomic E-state index is 11.8. The summed E-state index contributed by atoms with van der Waals surface area (Å²) in [5, 5.41) is 11.5. The van der Waals surface area contributed by atoms with Crippen LogP contribution in [0.4, 0.5) is 10.5 Å². The minimum Gasteiger partial charge on any atom is -0.332 e. The third-order valence-electron chi connectivity index (χ3n) is 1.92. The van der Waals surface area contributed by atoms with Crippen LogP contribution < -0.4 is 9.62 Å². The Hall–Kier alpha value is -1.67. The summed E-state index contributed by atoms with van der Waals surface area (Å²) in [6.07, 6.45) is 0. The second-order valence-corrected chi connectivity index (χ2v) is 5.05. The predicted octanol–water partition coefficient (Wildman–Crippen LogP) is 2.72. The molecule has 0 radical (unpaired) electrons. The zero-order valence-corrected chi connectivity index (χ0v) is 11.0. The Bertz CT molecular complexity index is 442. The summed E-state index contributed by atoms with van der Waals surface area (Å²) in [6.45, 7) is 5.68. The molecule has 1 N–H and O–H groups in total. The summed E-state index contributed by atoms with van der Waals surface area (Å²) < 4.78 is 1.21. The van der Waals surface area contributed by atoms with Gasteiger partial charge in [0.2, 0.25) is 0 Å². The van der Waals surface area contributed by atoms with Crippen molar-refractivity contribution >= 4 is 24.5 Å². The van der Waals surface area contributed by atoms with E-state index < -0.39 is 0 Å². The normalized spacial score (nSPS) is 10.5. The first-order valence-corrected chi connectivity index (χ1v) is 5.55. The van der Waals surface area contributed by atoms with Gasteiger partial charge in [-0.05, 0) is 45.0 Å². The summed E-state index contributed by atoms with van der Waals surface area (Å²) in [6, 6.07) is 8.35. The number of nitrogens with zero attached hydrogens (tertiary/aromatic N) is 2. The highest BCUT2D eigenvalue weighted by Gasteiger charge is 2.18. The number of thiol groups is 1. The van der Waals surface area contributed by atoms with Crippen molar-refractivity contribution in [1.29, 1.82) is 5.26 Å². The van der Waals surface area contributed by atoms with Crippen LogP contribution in [0.1, 0.15) is 26.3 Å². The number of carbonyl (C=O) groups is 1. The Morgan fingerprint density at radius 3 is 2.29 bits per heavy atom. The van der Waals surface area contributed by atoms with Gasteiger partial charge in [-0.2, -0.15) is 5.26 Å². The molecule has 17 heavy (non-hydrogen) atoms. The van der Waals surface area contributed by atoms with Crippen molar-refractivity contribution in [3.05, 3.63) is 29.8 Å². The van der Waals surface area contributed by atoms with E-state index in [9.17, 15) is 4.79 Å². The van der Waals surface area contributed by atoms with E-state index in [4.69, 9.17) is 5.26 Å². The van der Waals surface area contributed by atoms with Gasteiger partial charge in [-0.25, -0.2) is 9.10 Å². The van der Waals surface area contributed by atoms with Crippen LogP contribution in [0, 0.1) is 11.3 Å². The summed E-state index contributed by atoms with van der Waals surface area (Å²) in [5.74, 6) is 0. The lowest BCUT2D eigenvalue weighted by atomic mass is 10.1. The van der Waals surface area contributed by atoms with Crippen LogP contribution in [-0.4, -0.2) is 11.6 Å². The Morgan fingerprint density at radius 2 is 1.88 bits per heavy atom. The molecule has 1 rings (SSSR count). The molecule has 0 aliphatic rings.